The first-order valence-electron chi connectivity index (χ1n) is 14.3. The molecular formula is C36H54F5NO3. The number of hydrogen-bond donors (Lipinski definition) is 2. The maximum atomic E-state index is 14.0. The van der Waals surface area contributed by atoms with Crippen LogP contribution in [0, 0.1) is 30.4 Å². The third kappa shape index (κ3) is 20.3. The van der Waals surface area contributed by atoms with E-state index >= 15 is 0 Å². The van der Waals surface area contributed by atoms with Gasteiger partial charge in [0.25, 0.3) is 0 Å². The largest absolute Gasteiger partial charge is 0.416 e. The molecule has 0 bridgehead atoms. The predicted octanol–water partition coefficient (Wildman–Crippen LogP) is 9.46. The van der Waals surface area contributed by atoms with Crippen molar-refractivity contribution in [2.24, 2.45) is 11.8 Å². The number of hydrogen-bond acceptors (Lipinski definition) is 4. The molecule has 1 aliphatic rings. The molecule has 4 nitrogen and oxygen atoms in total. The molecule has 1 saturated carbocycles. The van der Waals surface area contributed by atoms with Crippen molar-refractivity contribution in [2.45, 2.75) is 77.4 Å². The summed E-state index contributed by atoms with van der Waals surface area (Å²) in [6.07, 6.45) is 2.51. The van der Waals surface area contributed by atoms with E-state index in [0.717, 1.165) is 48.9 Å². The Morgan fingerprint density at radius 2 is 1.51 bits per heavy atom. The van der Waals surface area contributed by atoms with Gasteiger partial charge in [0.1, 0.15) is 25.2 Å². The van der Waals surface area contributed by atoms with Crippen LogP contribution in [0.2, 0.25) is 0 Å². The Labute approximate surface area is 268 Å². The summed E-state index contributed by atoms with van der Waals surface area (Å²) in [5.41, 5.74) is 0.258. The van der Waals surface area contributed by atoms with Crippen molar-refractivity contribution in [1.29, 1.82) is 0 Å². The molecule has 45 heavy (non-hydrogen) atoms. The summed E-state index contributed by atoms with van der Waals surface area (Å²) in [4.78, 5) is 16.0. The smallest absolute Gasteiger partial charge is 0.396 e. The first-order chi connectivity index (χ1) is 21.3. The maximum absolute atomic E-state index is 14.0. The van der Waals surface area contributed by atoms with Crippen LogP contribution in [0.5, 0.6) is 0 Å². The van der Waals surface area contributed by atoms with Gasteiger partial charge in [-0.15, -0.1) is 32.9 Å². The molecule has 3 rings (SSSR count). The fraction of sp³-hybridized carbons (Fsp3) is 0.444. The third-order valence-corrected chi connectivity index (χ3v) is 6.80. The van der Waals surface area contributed by atoms with Gasteiger partial charge in [0.05, 0.1) is 5.56 Å². The summed E-state index contributed by atoms with van der Waals surface area (Å²) < 4.78 is 63.1. The summed E-state index contributed by atoms with van der Waals surface area (Å²) in [5, 5.41) is 12.7. The fourth-order valence-corrected chi connectivity index (χ4v) is 4.50. The van der Waals surface area contributed by atoms with Gasteiger partial charge in [-0.25, -0.2) is 8.78 Å². The second-order valence-corrected chi connectivity index (χ2v) is 10.4. The SMILES string of the molecule is C=C.C=C.C=CCCC(C)C.C=O.C=O.CNC1CCC(C)(c2cc(F)ccc2F)CC1CO.Cc1ccc(C(F)(F)F)cc1. The van der Waals surface area contributed by atoms with Crippen LogP contribution < -0.4 is 5.32 Å². The molecule has 0 aromatic heterocycles. The predicted molar refractivity (Wildman–Crippen MR) is 178 cm³/mol. The second-order valence-electron chi connectivity index (χ2n) is 10.4. The van der Waals surface area contributed by atoms with E-state index in [0.29, 0.717) is 12.0 Å². The number of benzene rings is 2. The molecule has 2 N–H and O–H groups in total. The summed E-state index contributed by atoms with van der Waals surface area (Å²) in [7, 11) is 1.87. The molecule has 9 heteroatoms. The first kappa shape index (κ1) is 48.5. The number of halogens is 5. The molecule has 2 aromatic rings. The lowest BCUT2D eigenvalue weighted by Gasteiger charge is -2.42. The van der Waals surface area contributed by atoms with Crippen molar-refractivity contribution in [3.05, 3.63) is 110 Å². The highest BCUT2D eigenvalue weighted by Gasteiger charge is 2.39. The van der Waals surface area contributed by atoms with E-state index in [9.17, 15) is 27.1 Å². The van der Waals surface area contributed by atoms with Gasteiger partial charge in [0.2, 0.25) is 0 Å². The quantitative estimate of drug-likeness (QED) is 0.243. The Kier molecular flexibility index (Phi) is 30.2. The average molecular weight is 644 g/mol. The normalized spacial score (nSPS) is 18.0. The van der Waals surface area contributed by atoms with E-state index < -0.39 is 23.0 Å². The van der Waals surface area contributed by atoms with E-state index in [1.165, 1.54) is 30.7 Å². The maximum Gasteiger partial charge on any atom is 0.416 e. The van der Waals surface area contributed by atoms with Crippen molar-refractivity contribution in [3.8, 4) is 0 Å². The molecule has 0 spiro atoms. The lowest BCUT2D eigenvalue weighted by molar-refractivity contribution is -0.137. The van der Waals surface area contributed by atoms with E-state index in [1.807, 2.05) is 33.6 Å². The Balaban J connectivity index is -0.000000275. The Bertz CT molecular complexity index is 1010. The molecule has 0 aliphatic heterocycles. The summed E-state index contributed by atoms with van der Waals surface area (Å²) >= 11 is 0. The second kappa shape index (κ2) is 28.1. The van der Waals surface area contributed by atoms with Crippen molar-refractivity contribution < 1.29 is 36.6 Å². The highest BCUT2D eigenvalue weighted by Crippen LogP contribution is 2.42. The van der Waals surface area contributed by atoms with E-state index in [1.54, 1.807) is 6.92 Å². The van der Waals surface area contributed by atoms with Crippen LogP contribution in [0.1, 0.15) is 69.6 Å². The molecule has 0 saturated heterocycles. The van der Waals surface area contributed by atoms with Gasteiger partial charge < -0.3 is 20.0 Å². The van der Waals surface area contributed by atoms with Gasteiger partial charge in [-0.3, -0.25) is 0 Å². The summed E-state index contributed by atoms with van der Waals surface area (Å²) in [6.45, 7) is 27.9. The van der Waals surface area contributed by atoms with Gasteiger partial charge >= 0.3 is 6.18 Å². The molecular weight excluding hydrogens is 589 g/mol. The van der Waals surface area contributed by atoms with Crippen molar-refractivity contribution in [3.63, 3.8) is 0 Å². The van der Waals surface area contributed by atoms with Gasteiger partial charge in [-0.2, -0.15) is 13.2 Å². The van der Waals surface area contributed by atoms with Crippen LogP contribution >= 0.6 is 0 Å². The van der Waals surface area contributed by atoms with Crippen molar-refractivity contribution in [1.82, 2.24) is 5.32 Å². The van der Waals surface area contributed by atoms with Crippen LogP contribution in [0.4, 0.5) is 22.0 Å². The van der Waals surface area contributed by atoms with Gasteiger partial charge in [0.15, 0.2) is 0 Å². The van der Waals surface area contributed by atoms with Crippen LogP contribution in [0.3, 0.4) is 0 Å². The third-order valence-electron chi connectivity index (χ3n) is 6.80. The van der Waals surface area contributed by atoms with E-state index in [2.05, 4.69) is 52.1 Å². The zero-order valence-corrected chi connectivity index (χ0v) is 27.7. The Hall–Kier alpha value is -3.43. The molecule has 3 atom stereocenters. The van der Waals surface area contributed by atoms with Crippen LogP contribution in [-0.2, 0) is 21.2 Å². The lowest BCUT2D eigenvalue weighted by atomic mass is 9.65. The molecule has 0 amide bonds. The minimum atomic E-state index is -4.21. The Morgan fingerprint density at radius 3 is 1.89 bits per heavy atom. The molecule has 3 unspecified atom stereocenters. The molecule has 256 valence electrons. The van der Waals surface area contributed by atoms with Crippen LogP contribution in [0.15, 0.2) is 81.4 Å². The molecule has 0 radical (unpaired) electrons. The minimum Gasteiger partial charge on any atom is -0.396 e. The standard InChI is InChI=1S/C15H21F2NO.C8H7F3.C7H14.2C2H4.2CH2O/c1-15(12-7-11(16)3-4-13(12)17)6-5-14(18-2)10(8-15)9-19;1-6-2-4-7(5-3-6)8(9,10)11;1-4-5-6-7(2)3;4*1-2/h3-4,7,10,14,18-19H,5-6,8-9H2,1-2H3;2-5H,1H3;4,7H,1,5-6H2,2-3H3;2*1-2H2;2*1H2. The monoisotopic (exact) mass is 643 g/mol. The molecule has 0 heterocycles. The Morgan fingerprint density at radius 1 is 1.00 bits per heavy atom. The summed E-state index contributed by atoms with van der Waals surface area (Å²) in [6, 6.07) is 8.92. The number of alkyl halides is 3. The minimum absolute atomic E-state index is 0.0675. The number of aliphatic hydroxyl groups is 1. The first-order valence-corrected chi connectivity index (χ1v) is 14.3. The molecule has 2 aromatic carbocycles. The van der Waals surface area contributed by atoms with Crippen molar-refractivity contribution >= 4 is 13.6 Å². The highest BCUT2D eigenvalue weighted by atomic mass is 19.4. The lowest BCUT2D eigenvalue weighted by Crippen LogP contribution is -2.45. The average Bonchev–Trinajstić information content (AvgIpc) is 3.05. The molecule has 1 aliphatic carbocycles. The zero-order chi connectivity index (χ0) is 36.2. The number of aliphatic hydroxyl groups excluding tert-OH is 1. The van der Waals surface area contributed by atoms with Crippen LogP contribution in [-0.4, -0.2) is 38.4 Å². The number of nitrogens with one attached hydrogen (secondary N) is 1. The topological polar surface area (TPSA) is 66.4 Å². The van der Waals surface area contributed by atoms with Crippen molar-refractivity contribution in [2.75, 3.05) is 13.7 Å². The number of carbonyl (C=O) groups excluding carboxylic acids is 2. The van der Waals surface area contributed by atoms with Gasteiger partial charge in [-0.1, -0.05) is 44.5 Å². The number of allylic oxidation sites excluding steroid dienone is 1. The molecule has 1 fully saturated rings. The van der Waals surface area contributed by atoms with Crippen LogP contribution in [0.25, 0.3) is 0 Å². The van der Waals surface area contributed by atoms with E-state index in [-0.39, 0.29) is 24.4 Å². The van der Waals surface area contributed by atoms with Gasteiger partial charge in [-0.05, 0) is 99.2 Å². The number of rotatable bonds is 6. The highest BCUT2D eigenvalue weighted by molar-refractivity contribution is 5.28. The van der Waals surface area contributed by atoms with Gasteiger partial charge in [0, 0.05) is 12.6 Å². The number of aryl methyl sites for hydroxylation is 1. The summed E-state index contributed by atoms with van der Waals surface area (Å²) in [5.74, 6) is 0.141. The fourth-order valence-electron chi connectivity index (χ4n) is 4.50. The zero-order valence-electron chi connectivity index (χ0n) is 27.7. The van der Waals surface area contributed by atoms with E-state index in [4.69, 9.17) is 9.59 Å². The number of carbonyl (C=O) groups is 2.